The van der Waals surface area contributed by atoms with Crippen LogP contribution in [0.1, 0.15) is 22.3 Å². The zero-order valence-corrected chi connectivity index (χ0v) is 22.1. The molecule has 8 heteroatoms. The van der Waals surface area contributed by atoms with Gasteiger partial charge in [0.15, 0.2) is 6.61 Å². The maximum absolute atomic E-state index is 12.8. The Bertz CT molecular complexity index is 1350. The summed E-state index contributed by atoms with van der Waals surface area (Å²) in [6.45, 7) is 10.7. The number of benzene rings is 3. The largest absolute Gasteiger partial charge is 0.483 e. The van der Waals surface area contributed by atoms with Gasteiger partial charge in [0.2, 0.25) is 0 Å². The third-order valence-electron chi connectivity index (χ3n) is 6.66. The van der Waals surface area contributed by atoms with Crippen molar-refractivity contribution in [2.75, 3.05) is 42.4 Å². The fraction of sp³-hybridized carbons (Fsp3) is 0.321. The molecule has 7 nitrogen and oxygen atoms in total. The van der Waals surface area contributed by atoms with Crippen LogP contribution in [0, 0.1) is 27.7 Å². The van der Waals surface area contributed by atoms with Gasteiger partial charge in [0.25, 0.3) is 15.9 Å². The van der Waals surface area contributed by atoms with E-state index >= 15 is 0 Å². The van der Waals surface area contributed by atoms with Gasteiger partial charge in [0.05, 0.1) is 4.90 Å². The Morgan fingerprint density at radius 2 is 1.58 bits per heavy atom. The van der Waals surface area contributed by atoms with Crippen LogP contribution in [0.3, 0.4) is 0 Å². The van der Waals surface area contributed by atoms with Crippen molar-refractivity contribution < 1.29 is 17.9 Å². The summed E-state index contributed by atoms with van der Waals surface area (Å²) in [7, 11) is -3.73. The Morgan fingerprint density at radius 3 is 2.25 bits per heavy atom. The second-order valence-corrected chi connectivity index (χ2v) is 11.0. The molecule has 36 heavy (non-hydrogen) atoms. The van der Waals surface area contributed by atoms with Crippen LogP contribution in [-0.2, 0) is 14.8 Å². The van der Waals surface area contributed by atoms with Gasteiger partial charge in [-0.05, 0) is 80.8 Å². The Labute approximate surface area is 213 Å². The van der Waals surface area contributed by atoms with Gasteiger partial charge in [-0.1, -0.05) is 29.8 Å². The highest BCUT2D eigenvalue weighted by Crippen LogP contribution is 2.25. The zero-order chi connectivity index (χ0) is 25.9. The molecule has 0 saturated carbocycles. The van der Waals surface area contributed by atoms with Crippen molar-refractivity contribution in [2.45, 2.75) is 32.6 Å². The van der Waals surface area contributed by atoms with Crippen molar-refractivity contribution in [3.8, 4) is 5.75 Å². The van der Waals surface area contributed by atoms with Crippen LogP contribution in [0.25, 0.3) is 0 Å². The number of aryl methyl sites for hydroxylation is 3. The van der Waals surface area contributed by atoms with Gasteiger partial charge in [-0.15, -0.1) is 0 Å². The summed E-state index contributed by atoms with van der Waals surface area (Å²) in [5.74, 6) is 0.416. The van der Waals surface area contributed by atoms with Gasteiger partial charge in [0, 0.05) is 37.6 Å². The molecule has 1 saturated heterocycles. The molecule has 1 fully saturated rings. The molecule has 3 aromatic carbocycles. The van der Waals surface area contributed by atoms with E-state index in [2.05, 4.69) is 41.7 Å². The number of sulfonamides is 1. The number of nitrogens with zero attached hydrogens (tertiary/aromatic N) is 2. The summed E-state index contributed by atoms with van der Waals surface area (Å²) in [6.07, 6.45) is 0. The molecule has 3 aromatic rings. The number of nitrogens with one attached hydrogen (secondary N) is 1. The van der Waals surface area contributed by atoms with E-state index in [9.17, 15) is 13.2 Å². The maximum Gasteiger partial charge on any atom is 0.261 e. The molecule has 1 aliphatic rings. The average Bonchev–Trinajstić information content (AvgIpc) is 2.86. The maximum atomic E-state index is 12.8. The molecular formula is C28H33N3O4S. The average molecular weight is 508 g/mol. The second kappa shape index (κ2) is 10.6. The van der Waals surface area contributed by atoms with E-state index in [4.69, 9.17) is 4.74 Å². The first-order chi connectivity index (χ1) is 17.1. The number of anilines is 2. The van der Waals surface area contributed by atoms with E-state index in [1.165, 1.54) is 22.9 Å². The van der Waals surface area contributed by atoms with Crippen molar-refractivity contribution in [2.24, 2.45) is 0 Å². The monoisotopic (exact) mass is 507 g/mol. The summed E-state index contributed by atoms with van der Waals surface area (Å²) in [5.41, 5.74) is 5.96. The first kappa shape index (κ1) is 25.6. The quantitative estimate of drug-likeness (QED) is 0.511. The number of carbonyl (C=O) groups is 1. The van der Waals surface area contributed by atoms with Crippen LogP contribution in [-0.4, -0.2) is 52.0 Å². The molecule has 1 aliphatic heterocycles. The highest BCUT2D eigenvalue weighted by atomic mass is 32.2. The van der Waals surface area contributed by atoms with Gasteiger partial charge in [-0.25, -0.2) is 8.42 Å². The van der Waals surface area contributed by atoms with Crippen LogP contribution >= 0.6 is 0 Å². The lowest BCUT2D eigenvalue weighted by Crippen LogP contribution is -2.50. The number of piperazine rings is 1. The Hall–Kier alpha value is -3.52. The van der Waals surface area contributed by atoms with Crippen LogP contribution in [0.2, 0.25) is 0 Å². The minimum Gasteiger partial charge on any atom is -0.483 e. The molecule has 0 atom stereocenters. The van der Waals surface area contributed by atoms with Crippen LogP contribution in [0.5, 0.6) is 5.75 Å². The normalized spacial score (nSPS) is 14.0. The Morgan fingerprint density at radius 1 is 0.889 bits per heavy atom. The summed E-state index contributed by atoms with van der Waals surface area (Å²) in [5, 5.41) is 0. The zero-order valence-electron chi connectivity index (χ0n) is 21.2. The van der Waals surface area contributed by atoms with E-state index in [-0.39, 0.29) is 17.4 Å². The lowest BCUT2D eigenvalue weighted by molar-refractivity contribution is -0.133. The highest BCUT2D eigenvalue weighted by Gasteiger charge is 2.23. The number of carbonyl (C=O) groups excluding carboxylic acids is 1. The van der Waals surface area contributed by atoms with Gasteiger partial charge < -0.3 is 14.5 Å². The van der Waals surface area contributed by atoms with Crippen LogP contribution in [0.15, 0.2) is 65.6 Å². The molecule has 190 valence electrons. The second-order valence-electron chi connectivity index (χ2n) is 9.27. The van der Waals surface area contributed by atoms with E-state index in [0.717, 1.165) is 18.7 Å². The van der Waals surface area contributed by atoms with E-state index < -0.39 is 10.0 Å². The summed E-state index contributed by atoms with van der Waals surface area (Å²) in [4.78, 5) is 17.1. The van der Waals surface area contributed by atoms with Crippen molar-refractivity contribution >= 4 is 27.3 Å². The Balaban J connectivity index is 1.33. The van der Waals surface area contributed by atoms with Crippen molar-refractivity contribution in [3.05, 3.63) is 82.9 Å². The van der Waals surface area contributed by atoms with Crippen LogP contribution < -0.4 is 14.4 Å². The fourth-order valence-corrected chi connectivity index (χ4v) is 5.44. The van der Waals surface area contributed by atoms with E-state index in [0.29, 0.717) is 30.1 Å². The lowest BCUT2D eigenvalue weighted by atomic mass is 10.1. The molecule has 1 heterocycles. The molecule has 0 aromatic heterocycles. The number of ether oxygens (including phenoxy) is 1. The van der Waals surface area contributed by atoms with Crippen molar-refractivity contribution in [3.63, 3.8) is 0 Å². The van der Waals surface area contributed by atoms with Gasteiger partial charge in [0.1, 0.15) is 5.75 Å². The predicted molar refractivity (Wildman–Crippen MR) is 143 cm³/mol. The SMILES string of the molecule is Cc1ccc(NS(=O)(=O)c2ccc(OCC(=O)N3CCN(c4cccc(C)c4C)CC3)c(C)c2)cc1. The molecule has 0 radical (unpaired) electrons. The van der Waals surface area contributed by atoms with Gasteiger partial charge in [-0.2, -0.15) is 0 Å². The highest BCUT2D eigenvalue weighted by molar-refractivity contribution is 7.92. The first-order valence-electron chi connectivity index (χ1n) is 12.1. The summed E-state index contributed by atoms with van der Waals surface area (Å²) >= 11 is 0. The number of hydrogen-bond acceptors (Lipinski definition) is 5. The molecule has 0 bridgehead atoms. The van der Waals surface area contributed by atoms with E-state index in [1.54, 1.807) is 31.2 Å². The number of amides is 1. The first-order valence-corrected chi connectivity index (χ1v) is 13.5. The molecule has 1 amide bonds. The lowest BCUT2D eigenvalue weighted by Gasteiger charge is -2.37. The van der Waals surface area contributed by atoms with Crippen molar-refractivity contribution in [1.82, 2.24) is 4.90 Å². The molecule has 0 unspecified atom stereocenters. The molecule has 1 N–H and O–H groups in total. The standard InChI is InChI=1S/C28H33N3O4S/c1-20-8-10-24(11-9-20)29-36(33,34)25-12-13-27(22(3)18-25)35-19-28(32)31-16-14-30(15-17-31)26-7-5-6-21(2)23(26)4/h5-13,18,29H,14-17,19H2,1-4H3. The molecule has 4 rings (SSSR count). The third kappa shape index (κ3) is 5.82. The summed E-state index contributed by atoms with van der Waals surface area (Å²) < 4.78 is 33.9. The predicted octanol–water partition coefficient (Wildman–Crippen LogP) is 4.45. The van der Waals surface area contributed by atoms with Crippen molar-refractivity contribution in [1.29, 1.82) is 0 Å². The topological polar surface area (TPSA) is 78.9 Å². The summed E-state index contributed by atoms with van der Waals surface area (Å²) in [6, 6.07) is 18.1. The molecular weight excluding hydrogens is 474 g/mol. The van der Waals surface area contributed by atoms with Crippen LogP contribution in [0.4, 0.5) is 11.4 Å². The molecule has 0 aliphatic carbocycles. The van der Waals surface area contributed by atoms with E-state index in [1.807, 2.05) is 24.0 Å². The smallest absolute Gasteiger partial charge is 0.261 e. The number of hydrogen-bond donors (Lipinski definition) is 1. The fourth-order valence-electron chi connectivity index (χ4n) is 4.29. The van der Waals surface area contributed by atoms with Gasteiger partial charge >= 0.3 is 0 Å². The van der Waals surface area contributed by atoms with Gasteiger partial charge in [-0.3, -0.25) is 9.52 Å². The minimum atomic E-state index is -3.73. The third-order valence-corrected chi connectivity index (χ3v) is 8.04. The minimum absolute atomic E-state index is 0.0762. The Kier molecular flexibility index (Phi) is 7.54. The molecule has 0 spiro atoms. The number of rotatable bonds is 7.